The second-order valence-corrected chi connectivity index (χ2v) is 5.10. The van der Waals surface area contributed by atoms with E-state index in [1.54, 1.807) is 24.3 Å². The largest absolute Gasteiger partial charge is 0.332 e. The van der Waals surface area contributed by atoms with E-state index in [1.807, 2.05) is 0 Å². The summed E-state index contributed by atoms with van der Waals surface area (Å²) in [6, 6.07) is 12.0. The number of anilines is 1. The summed E-state index contributed by atoms with van der Waals surface area (Å²) in [5, 5.41) is 3.05. The fraction of sp³-hybridized carbons (Fsp3) is 0.125. The van der Waals surface area contributed by atoms with Crippen molar-refractivity contribution < 1.29 is 14.0 Å². The highest BCUT2D eigenvalue weighted by molar-refractivity contribution is 6.33. The molecule has 0 spiro atoms. The third-order valence-corrected chi connectivity index (χ3v) is 3.30. The number of carbonyl (C=O) groups excluding carboxylic acids is 2. The number of para-hydroxylation sites is 1. The Labute approximate surface area is 132 Å². The molecule has 0 aliphatic carbocycles. The van der Waals surface area contributed by atoms with Crippen LogP contribution in [0.3, 0.4) is 0 Å². The zero-order valence-electron chi connectivity index (χ0n) is 11.8. The number of halogens is 2. The first-order valence-corrected chi connectivity index (χ1v) is 6.90. The van der Waals surface area contributed by atoms with Gasteiger partial charge < -0.3 is 10.2 Å². The van der Waals surface area contributed by atoms with E-state index < -0.39 is 5.82 Å². The van der Waals surface area contributed by atoms with E-state index in [0.29, 0.717) is 16.3 Å². The normalized spacial score (nSPS) is 10.1. The summed E-state index contributed by atoms with van der Waals surface area (Å²) in [6.45, 7) is -0.137. The van der Waals surface area contributed by atoms with Gasteiger partial charge in [0.15, 0.2) is 0 Å². The number of carbonyl (C=O) groups is 2. The molecule has 0 bridgehead atoms. The Morgan fingerprint density at radius 3 is 2.41 bits per heavy atom. The summed E-state index contributed by atoms with van der Waals surface area (Å²) in [6.07, 6.45) is 0. The quantitative estimate of drug-likeness (QED) is 0.940. The lowest BCUT2D eigenvalue weighted by Gasteiger charge is -2.17. The number of amides is 2. The Bertz CT molecular complexity index is 689. The third kappa shape index (κ3) is 4.05. The Morgan fingerprint density at radius 2 is 1.77 bits per heavy atom. The predicted octanol–water partition coefficient (Wildman–Crippen LogP) is 3.19. The number of nitrogens with zero attached hydrogens (tertiary/aromatic N) is 1. The highest BCUT2D eigenvalue weighted by atomic mass is 35.5. The number of nitrogens with one attached hydrogen (secondary N) is 1. The first-order chi connectivity index (χ1) is 10.5. The summed E-state index contributed by atoms with van der Waals surface area (Å²) in [7, 11) is 1.50. The van der Waals surface area contributed by atoms with E-state index in [1.165, 1.54) is 36.2 Å². The van der Waals surface area contributed by atoms with Gasteiger partial charge in [-0.15, -0.1) is 0 Å². The van der Waals surface area contributed by atoms with Crippen molar-refractivity contribution in [2.45, 2.75) is 0 Å². The molecule has 0 aromatic heterocycles. The highest BCUT2D eigenvalue weighted by Gasteiger charge is 2.15. The summed E-state index contributed by atoms with van der Waals surface area (Å²) < 4.78 is 12.8. The molecule has 2 rings (SSSR count). The number of benzene rings is 2. The van der Waals surface area contributed by atoms with Gasteiger partial charge in [-0.2, -0.15) is 0 Å². The van der Waals surface area contributed by atoms with Crippen LogP contribution in [0.15, 0.2) is 48.5 Å². The third-order valence-electron chi connectivity index (χ3n) is 2.97. The van der Waals surface area contributed by atoms with Crippen LogP contribution in [0.25, 0.3) is 0 Å². The van der Waals surface area contributed by atoms with Crippen molar-refractivity contribution in [1.82, 2.24) is 4.90 Å². The van der Waals surface area contributed by atoms with Crippen LogP contribution >= 0.6 is 11.6 Å². The molecule has 22 heavy (non-hydrogen) atoms. The van der Waals surface area contributed by atoms with Crippen LogP contribution in [-0.4, -0.2) is 30.3 Å². The minimum absolute atomic E-state index is 0.137. The van der Waals surface area contributed by atoms with Gasteiger partial charge in [0.2, 0.25) is 5.91 Å². The molecule has 0 atom stereocenters. The molecule has 114 valence electrons. The van der Waals surface area contributed by atoms with Crippen molar-refractivity contribution in [2.75, 3.05) is 18.9 Å². The summed E-state index contributed by atoms with van der Waals surface area (Å²) in [5.74, 6) is -1.16. The van der Waals surface area contributed by atoms with Gasteiger partial charge in [-0.3, -0.25) is 9.59 Å². The minimum atomic E-state index is -0.421. The zero-order valence-corrected chi connectivity index (χ0v) is 12.6. The van der Waals surface area contributed by atoms with Gasteiger partial charge in [0.05, 0.1) is 17.3 Å². The fourth-order valence-corrected chi connectivity index (χ4v) is 2.04. The van der Waals surface area contributed by atoms with Gasteiger partial charge in [0.25, 0.3) is 5.91 Å². The summed E-state index contributed by atoms with van der Waals surface area (Å²) in [5.41, 5.74) is 0.797. The lowest BCUT2D eigenvalue weighted by molar-refractivity contribution is -0.116. The van der Waals surface area contributed by atoms with E-state index in [-0.39, 0.29) is 18.4 Å². The standard InChI is InChI=1S/C16H14ClFN2O2/c1-20(16(22)11-6-8-12(18)9-7-11)10-15(21)19-14-5-3-2-4-13(14)17/h2-9H,10H2,1H3,(H,19,21). The maximum absolute atomic E-state index is 12.8. The van der Waals surface area contributed by atoms with Crippen LogP contribution in [0.2, 0.25) is 5.02 Å². The molecule has 0 aliphatic rings. The topological polar surface area (TPSA) is 49.4 Å². The predicted molar refractivity (Wildman–Crippen MR) is 83.4 cm³/mol. The lowest BCUT2D eigenvalue weighted by atomic mass is 10.2. The van der Waals surface area contributed by atoms with Gasteiger partial charge in [-0.25, -0.2) is 4.39 Å². The molecule has 0 fully saturated rings. The molecule has 1 N–H and O–H groups in total. The van der Waals surface area contributed by atoms with Gasteiger partial charge in [-0.1, -0.05) is 23.7 Å². The van der Waals surface area contributed by atoms with Crippen LogP contribution < -0.4 is 5.32 Å². The Balaban J connectivity index is 1.97. The monoisotopic (exact) mass is 320 g/mol. The van der Waals surface area contributed by atoms with E-state index in [2.05, 4.69) is 5.32 Å². The molecule has 0 unspecified atom stereocenters. The molecular weight excluding hydrogens is 307 g/mol. The Kier molecular flexibility index (Phi) is 5.12. The van der Waals surface area contributed by atoms with Gasteiger partial charge in [-0.05, 0) is 36.4 Å². The second kappa shape index (κ2) is 7.04. The van der Waals surface area contributed by atoms with Crippen LogP contribution in [0, 0.1) is 5.82 Å². The average Bonchev–Trinajstić information content (AvgIpc) is 2.49. The van der Waals surface area contributed by atoms with Crippen molar-refractivity contribution in [1.29, 1.82) is 0 Å². The van der Waals surface area contributed by atoms with Crippen LogP contribution in [0.1, 0.15) is 10.4 Å². The molecule has 0 radical (unpaired) electrons. The van der Waals surface area contributed by atoms with Crippen molar-refractivity contribution in [3.05, 3.63) is 64.9 Å². The van der Waals surface area contributed by atoms with Crippen molar-refractivity contribution >= 4 is 29.1 Å². The summed E-state index contributed by atoms with van der Waals surface area (Å²) >= 11 is 5.95. The maximum atomic E-state index is 12.8. The second-order valence-electron chi connectivity index (χ2n) is 4.70. The van der Waals surface area contributed by atoms with E-state index in [0.717, 1.165) is 0 Å². The molecule has 0 saturated carbocycles. The van der Waals surface area contributed by atoms with E-state index in [9.17, 15) is 14.0 Å². The number of hydrogen-bond acceptors (Lipinski definition) is 2. The van der Waals surface area contributed by atoms with Crippen molar-refractivity contribution in [3.8, 4) is 0 Å². The van der Waals surface area contributed by atoms with E-state index in [4.69, 9.17) is 11.6 Å². The van der Waals surface area contributed by atoms with Crippen LogP contribution in [0.5, 0.6) is 0 Å². The van der Waals surface area contributed by atoms with Crippen LogP contribution in [0.4, 0.5) is 10.1 Å². The SMILES string of the molecule is CN(CC(=O)Nc1ccccc1Cl)C(=O)c1ccc(F)cc1. The maximum Gasteiger partial charge on any atom is 0.254 e. The average molecular weight is 321 g/mol. The number of likely N-dealkylation sites (N-methyl/N-ethyl adjacent to an activating group) is 1. The molecule has 0 saturated heterocycles. The lowest BCUT2D eigenvalue weighted by Crippen LogP contribution is -2.34. The van der Waals surface area contributed by atoms with Gasteiger partial charge in [0.1, 0.15) is 5.82 Å². The smallest absolute Gasteiger partial charge is 0.254 e. The molecule has 6 heteroatoms. The van der Waals surface area contributed by atoms with Gasteiger partial charge in [0, 0.05) is 12.6 Å². The molecule has 4 nitrogen and oxygen atoms in total. The van der Waals surface area contributed by atoms with Crippen molar-refractivity contribution in [3.63, 3.8) is 0 Å². The van der Waals surface area contributed by atoms with Crippen LogP contribution in [-0.2, 0) is 4.79 Å². The van der Waals surface area contributed by atoms with Crippen molar-refractivity contribution in [2.24, 2.45) is 0 Å². The fourth-order valence-electron chi connectivity index (χ4n) is 1.85. The number of hydrogen-bond donors (Lipinski definition) is 1. The molecular formula is C16H14ClFN2O2. The Hall–Kier alpha value is -2.40. The van der Waals surface area contributed by atoms with E-state index >= 15 is 0 Å². The molecule has 0 aliphatic heterocycles. The first-order valence-electron chi connectivity index (χ1n) is 6.53. The Morgan fingerprint density at radius 1 is 1.14 bits per heavy atom. The first kappa shape index (κ1) is 16.0. The van der Waals surface area contributed by atoms with Gasteiger partial charge >= 0.3 is 0 Å². The highest BCUT2D eigenvalue weighted by Crippen LogP contribution is 2.20. The molecule has 2 aromatic rings. The minimum Gasteiger partial charge on any atom is -0.332 e. The zero-order chi connectivity index (χ0) is 16.1. The molecule has 2 amide bonds. The molecule has 0 heterocycles. The number of rotatable bonds is 4. The summed E-state index contributed by atoms with van der Waals surface area (Å²) in [4.78, 5) is 25.3. The molecule has 2 aromatic carbocycles.